The molecule has 0 saturated carbocycles. The first kappa shape index (κ1) is 11.7. The van der Waals surface area contributed by atoms with Gasteiger partial charge in [-0.2, -0.15) is 0 Å². The molecule has 2 N–H and O–H groups in total. The number of nitrogen functional groups attached to an aromatic ring is 1. The smallest absolute Gasteiger partial charge is 0.233 e. The molecule has 0 saturated heterocycles. The maximum atomic E-state index is 12.4. The Morgan fingerprint density at radius 1 is 1.26 bits per heavy atom. The van der Waals surface area contributed by atoms with Crippen LogP contribution in [0.15, 0.2) is 42.6 Å². The lowest BCUT2D eigenvalue weighted by Gasteiger charge is -2.18. The first-order chi connectivity index (χ1) is 9.25. The molecule has 0 atom stereocenters. The van der Waals surface area contributed by atoms with Crippen molar-refractivity contribution in [2.24, 2.45) is 0 Å². The van der Waals surface area contributed by atoms with Crippen LogP contribution < -0.4 is 10.6 Å². The molecule has 4 nitrogen and oxygen atoms in total. The van der Waals surface area contributed by atoms with Gasteiger partial charge in [-0.25, -0.2) is 0 Å². The highest BCUT2D eigenvalue weighted by Gasteiger charge is 2.26. The minimum atomic E-state index is 0.0513. The van der Waals surface area contributed by atoms with E-state index in [2.05, 4.69) is 4.98 Å². The Hall–Kier alpha value is -2.36. The first-order valence-electron chi connectivity index (χ1n) is 6.33. The summed E-state index contributed by atoms with van der Waals surface area (Å²) in [7, 11) is 0. The van der Waals surface area contributed by atoms with Gasteiger partial charge in [-0.3, -0.25) is 9.78 Å². The third-order valence-corrected chi connectivity index (χ3v) is 3.39. The van der Waals surface area contributed by atoms with Crippen molar-refractivity contribution in [3.63, 3.8) is 0 Å². The number of para-hydroxylation sites is 1. The average Bonchev–Trinajstić information content (AvgIpc) is 2.85. The van der Waals surface area contributed by atoms with Crippen LogP contribution in [0.1, 0.15) is 11.3 Å². The molecule has 0 unspecified atom stereocenters. The molecule has 1 aliphatic heterocycles. The molecule has 0 radical (unpaired) electrons. The Balaban J connectivity index is 1.84. The van der Waals surface area contributed by atoms with E-state index in [1.165, 1.54) is 0 Å². The number of aromatic nitrogens is 1. The lowest BCUT2D eigenvalue weighted by molar-refractivity contribution is -0.117. The number of carbonyl (C=O) groups excluding carboxylic acids is 1. The van der Waals surface area contributed by atoms with E-state index in [9.17, 15) is 4.79 Å². The third kappa shape index (κ3) is 2.17. The van der Waals surface area contributed by atoms with Crippen molar-refractivity contribution in [2.45, 2.75) is 12.8 Å². The molecule has 96 valence electrons. The summed E-state index contributed by atoms with van der Waals surface area (Å²) in [4.78, 5) is 18.3. The molecule has 0 bridgehead atoms. The number of amides is 1. The predicted molar refractivity (Wildman–Crippen MR) is 74.9 cm³/mol. The maximum absolute atomic E-state index is 12.4. The SMILES string of the molecule is Nc1cccc2c1N(C(=O)Cc1ccccn1)CC2. The van der Waals surface area contributed by atoms with Crippen molar-refractivity contribution < 1.29 is 4.79 Å². The number of rotatable bonds is 2. The molecule has 3 rings (SSSR count). The fourth-order valence-corrected chi connectivity index (χ4v) is 2.49. The van der Waals surface area contributed by atoms with Gasteiger partial charge >= 0.3 is 0 Å². The van der Waals surface area contributed by atoms with Gasteiger partial charge in [0.25, 0.3) is 0 Å². The fraction of sp³-hybridized carbons (Fsp3) is 0.200. The molecule has 0 aliphatic carbocycles. The van der Waals surface area contributed by atoms with Crippen LogP contribution in [-0.2, 0) is 17.6 Å². The van der Waals surface area contributed by atoms with E-state index in [0.29, 0.717) is 18.7 Å². The van der Waals surface area contributed by atoms with Gasteiger partial charge in [0, 0.05) is 18.4 Å². The first-order valence-corrected chi connectivity index (χ1v) is 6.33. The van der Waals surface area contributed by atoms with Crippen molar-refractivity contribution in [2.75, 3.05) is 17.2 Å². The van der Waals surface area contributed by atoms with Crippen LogP contribution in [0.2, 0.25) is 0 Å². The molecule has 0 fully saturated rings. The molecule has 1 aliphatic rings. The number of hydrogen-bond donors (Lipinski definition) is 1. The van der Waals surface area contributed by atoms with Crippen molar-refractivity contribution in [3.05, 3.63) is 53.9 Å². The number of nitrogens with zero attached hydrogens (tertiary/aromatic N) is 2. The Labute approximate surface area is 111 Å². The number of pyridine rings is 1. The van der Waals surface area contributed by atoms with Crippen LogP contribution in [0, 0.1) is 0 Å². The molecule has 1 aromatic heterocycles. The predicted octanol–water partition coefficient (Wildman–Crippen LogP) is 1.80. The Morgan fingerprint density at radius 2 is 2.16 bits per heavy atom. The second-order valence-electron chi connectivity index (χ2n) is 4.65. The summed E-state index contributed by atoms with van der Waals surface area (Å²) in [5.74, 6) is 0.0513. The van der Waals surface area contributed by atoms with Crippen LogP contribution in [0.5, 0.6) is 0 Å². The van der Waals surface area contributed by atoms with E-state index < -0.39 is 0 Å². The minimum Gasteiger partial charge on any atom is -0.397 e. The van der Waals surface area contributed by atoms with E-state index in [0.717, 1.165) is 23.4 Å². The van der Waals surface area contributed by atoms with E-state index in [-0.39, 0.29) is 5.91 Å². The second-order valence-corrected chi connectivity index (χ2v) is 4.65. The lowest BCUT2D eigenvalue weighted by atomic mass is 10.1. The number of nitrogens with two attached hydrogens (primary N) is 1. The Bertz CT molecular complexity index is 610. The summed E-state index contributed by atoms with van der Waals surface area (Å²) in [6.07, 6.45) is 2.89. The highest BCUT2D eigenvalue weighted by molar-refractivity contribution is 5.99. The topological polar surface area (TPSA) is 59.2 Å². The van der Waals surface area contributed by atoms with Crippen molar-refractivity contribution in [1.29, 1.82) is 0 Å². The summed E-state index contributed by atoms with van der Waals surface area (Å²) >= 11 is 0. The summed E-state index contributed by atoms with van der Waals surface area (Å²) in [6, 6.07) is 11.4. The van der Waals surface area contributed by atoms with Crippen LogP contribution in [0.4, 0.5) is 11.4 Å². The standard InChI is InChI=1S/C15H15N3O/c16-13-6-3-4-11-7-9-18(15(11)13)14(19)10-12-5-1-2-8-17-12/h1-6,8H,7,9-10,16H2. The summed E-state index contributed by atoms with van der Waals surface area (Å²) < 4.78 is 0. The number of carbonyl (C=O) groups is 1. The molecule has 4 heteroatoms. The molecule has 2 heterocycles. The monoisotopic (exact) mass is 253 g/mol. The van der Waals surface area contributed by atoms with Gasteiger partial charge in [-0.15, -0.1) is 0 Å². The van der Waals surface area contributed by atoms with Gasteiger partial charge in [0.05, 0.1) is 17.8 Å². The third-order valence-electron chi connectivity index (χ3n) is 3.39. The van der Waals surface area contributed by atoms with E-state index in [4.69, 9.17) is 5.73 Å². The fourth-order valence-electron chi connectivity index (χ4n) is 2.49. The van der Waals surface area contributed by atoms with Gasteiger partial charge < -0.3 is 10.6 Å². The second kappa shape index (κ2) is 4.72. The summed E-state index contributed by atoms with van der Waals surface area (Å²) in [5.41, 5.74) is 9.47. The van der Waals surface area contributed by atoms with Crippen LogP contribution in [0.25, 0.3) is 0 Å². The van der Waals surface area contributed by atoms with Gasteiger partial charge in [0.15, 0.2) is 0 Å². The van der Waals surface area contributed by atoms with E-state index in [1.54, 1.807) is 11.1 Å². The van der Waals surface area contributed by atoms with E-state index >= 15 is 0 Å². The Kier molecular flexibility index (Phi) is 2.91. The number of benzene rings is 1. The number of fused-ring (bicyclic) bond motifs is 1. The Morgan fingerprint density at radius 3 is 2.95 bits per heavy atom. The zero-order valence-electron chi connectivity index (χ0n) is 10.5. The zero-order valence-corrected chi connectivity index (χ0v) is 10.5. The molecule has 1 aromatic carbocycles. The van der Waals surface area contributed by atoms with E-state index in [1.807, 2.05) is 36.4 Å². The lowest BCUT2D eigenvalue weighted by Crippen LogP contribution is -2.31. The quantitative estimate of drug-likeness (QED) is 0.830. The highest BCUT2D eigenvalue weighted by Crippen LogP contribution is 2.33. The van der Waals surface area contributed by atoms with Gasteiger partial charge in [-0.05, 0) is 30.2 Å². The molecular weight excluding hydrogens is 238 g/mol. The molecule has 2 aromatic rings. The van der Waals surface area contributed by atoms with Crippen LogP contribution >= 0.6 is 0 Å². The highest BCUT2D eigenvalue weighted by atomic mass is 16.2. The number of anilines is 2. The van der Waals surface area contributed by atoms with Crippen molar-refractivity contribution in [3.8, 4) is 0 Å². The molecule has 19 heavy (non-hydrogen) atoms. The van der Waals surface area contributed by atoms with Crippen molar-refractivity contribution in [1.82, 2.24) is 4.98 Å². The summed E-state index contributed by atoms with van der Waals surface area (Å²) in [6.45, 7) is 0.704. The van der Waals surface area contributed by atoms with Crippen molar-refractivity contribution >= 4 is 17.3 Å². The maximum Gasteiger partial charge on any atom is 0.233 e. The van der Waals surface area contributed by atoms with Gasteiger partial charge in [-0.1, -0.05) is 18.2 Å². The molecule has 0 spiro atoms. The average molecular weight is 253 g/mol. The summed E-state index contributed by atoms with van der Waals surface area (Å²) in [5, 5.41) is 0. The van der Waals surface area contributed by atoms with Gasteiger partial charge in [0.1, 0.15) is 0 Å². The normalized spacial score (nSPS) is 13.4. The van der Waals surface area contributed by atoms with Crippen LogP contribution in [0.3, 0.4) is 0 Å². The number of hydrogen-bond acceptors (Lipinski definition) is 3. The van der Waals surface area contributed by atoms with Gasteiger partial charge in [0.2, 0.25) is 5.91 Å². The molecular formula is C15H15N3O. The zero-order chi connectivity index (χ0) is 13.2. The largest absolute Gasteiger partial charge is 0.397 e. The van der Waals surface area contributed by atoms with Crippen LogP contribution in [-0.4, -0.2) is 17.4 Å². The minimum absolute atomic E-state index is 0.0513. The molecule has 1 amide bonds.